The van der Waals surface area contributed by atoms with Crippen LogP contribution in [0, 0.1) is 0 Å². The average Bonchev–Trinajstić information content (AvgIpc) is 3.10. The SMILES string of the molecule is CCC(C)(C)NCC(C)N(Cc1ccco1)C1CC1. The van der Waals surface area contributed by atoms with E-state index in [0.29, 0.717) is 6.04 Å². The summed E-state index contributed by atoms with van der Waals surface area (Å²) in [5.74, 6) is 1.08. The zero-order valence-electron chi connectivity index (χ0n) is 12.8. The summed E-state index contributed by atoms with van der Waals surface area (Å²) >= 11 is 0. The van der Waals surface area contributed by atoms with Crippen LogP contribution in [-0.2, 0) is 6.54 Å². The van der Waals surface area contributed by atoms with Crippen LogP contribution in [0.2, 0.25) is 0 Å². The van der Waals surface area contributed by atoms with Crippen molar-refractivity contribution in [2.45, 2.75) is 71.1 Å². The lowest BCUT2D eigenvalue weighted by atomic mass is 10.0. The third-order valence-corrected chi connectivity index (χ3v) is 4.26. The van der Waals surface area contributed by atoms with Crippen molar-refractivity contribution in [3.05, 3.63) is 24.2 Å². The molecule has 0 amide bonds. The van der Waals surface area contributed by atoms with Gasteiger partial charge in [0.15, 0.2) is 0 Å². The molecule has 0 radical (unpaired) electrons. The molecule has 3 heteroatoms. The lowest BCUT2D eigenvalue weighted by Gasteiger charge is -2.32. The average molecular weight is 264 g/mol. The van der Waals surface area contributed by atoms with E-state index in [2.05, 4.69) is 44.0 Å². The van der Waals surface area contributed by atoms with Crippen LogP contribution in [-0.4, -0.2) is 29.1 Å². The molecular weight excluding hydrogens is 236 g/mol. The van der Waals surface area contributed by atoms with E-state index < -0.39 is 0 Å². The topological polar surface area (TPSA) is 28.4 Å². The number of rotatable bonds is 8. The zero-order valence-corrected chi connectivity index (χ0v) is 12.8. The van der Waals surface area contributed by atoms with Gasteiger partial charge < -0.3 is 9.73 Å². The van der Waals surface area contributed by atoms with E-state index in [1.807, 2.05) is 6.07 Å². The molecule has 1 N–H and O–H groups in total. The summed E-state index contributed by atoms with van der Waals surface area (Å²) in [4.78, 5) is 2.58. The summed E-state index contributed by atoms with van der Waals surface area (Å²) in [5.41, 5.74) is 0.230. The molecule has 1 saturated carbocycles. The first kappa shape index (κ1) is 14.6. The molecule has 3 nitrogen and oxygen atoms in total. The Morgan fingerprint density at radius 2 is 2.21 bits per heavy atom. The van der Waals surface area contributed by atoms with E-state index in [0.717, 1.165) is 31.3 Å². The van der Waals surface area contributed by atoms with Crippen molar-refractivity contribution in [1.82, 2.24) is 10.2 Å². The predicted molar refractivity (Wildman–Crippen MR) is 79.1 cm³/mol. The lowest BCUT2D eigenvalue weighted by molar-refractivity contribution is 0.162. The first-order chi connectivity index (χ1) is 9.02. The Kier molecular flexibility index (Phi) is 4.69. The van der Waals surface area contributed by atoms with Crippen molar-refractivity contribution in [2.75, 3.05) is 6.54 Å². The number of hydrogen-bond acceptors (Lipinski definition) is 3. The Hall–Kier alpha value is -0.800. The Balaban J connectivity index is 1.88. The first-order valence-electron chi connectivity index (χ1n) is 7.55. The second-order valence-corrected chi connectivity index (χ2v) is 6.45. The largest absolute Gasteiger partial charge is 0.468 e. The normalized spacial score (nSPS) is 17.9. The van der Waals surface area contributed by atoms with Crippen LogP contribution in [0.1, 0.15) is 52.7 Å². The molecule has 1 aromatic heterocycles. The molecule has 0 spiro atoms. The fourth-order valence-electron chi connectivity index (χ4n) is 2.30. The lowest BCUT2D eigenvalue weighted by Crippen LogP contribution is -2.47. The van der Waals surface area contributed by atoms with Gasteiger partial charge in [-0.25, -0.2) is 0 Å². The van der Waals surface area contributed by atoms with Gasteiger partial charge >= 0.3 is 0 Å². The summed E-state index contributed by atoms with van der Waals surface area (Å²) in [5, 5.41) is 3.68. The Labute approximate surface area is 117 Å². The smallest absolute Gasteiger partial charge is 0.117 e. The fourth-order valence-corrected chi connectivity index (χ4v) is 2.30. The minimum Gasteiger partial charge on any atom is -0.468 e. The predicted octanol–water partition coefficient (Wildman–Crippen LogP) is 3.41. The number of nitrogens with zero attached hydrogens (tertiary/aromatic N) is 1. The molecule has 1 fully saturated rings. The highest BCUT2D eigenvalue weighted by molar-refractivity contribution is 5.01. The monoisotopic (exact) mass is 264 g/mol. The maximum atomic E-state index is 5.50. The summed E-state index contributed by atoms with van der Waals surface area (Å²) in [7, 11) is 0. The number of hydrogen-bond donors (Lipinski definition) is 1. The third-order valence-electron chi connectivity index (χ3n) is 4.26. The molecule has 0 aliphatic heterocycles. The van der Waals surface area contributed by atoms with Gasteiger partial charge in [-0.1, -0.05) is 6.92 Å². The molecule has 1 atom stereocenters. The molecule has 1 aromatic rings. The number of nitrogens with one attached hydrogen (secondary N) is 1. The second-order valence-electron chi connectivity index (χ2n) is 6.45. The molecule has 0 bridgehead atoms. The zero-order chi connectivity index (χ0) is 13.9. The van der Waals surface area contributed by atoms with Crippen molar-refractivity contribution in [3.63, 3.8) is 0 Å². The van der Waals surface area contributed by atoms with Crippen molar-refractivity contribution in [3.8, 4) is 0 Å². The third kappa shape index (κ3) is 4.36. The van der Waals surface area contributed by atoms with Gasteiger partial charge in [-0.2, -0.15) is 0 Å². The summed E-state index contributed by atoms with van der Waals surface area (Å²) < 4.78 is 5.50. The highest BCUT2D eigenvalue weighted by Gasteiger charge is 2.33. The Morgan fingerprint density at radius 1 is 1.47 bits per heavy atom. The van der Waals surface area contributed by atoms with E-state index in [1.54, 1.807) is 6.26 Å². The van der Waals surface area contributed by atoms with E-state index in [1.165, 1.54) is 12.8 Å². The fraction of sp³-hybridized carbons (Fsp3) is 0.750. The Morgan fingerprint density at radius 3 is 2.74 bits per heavy atom. The molecule has 1 heterocycles. The van der Waals surface area contributed by atoms with Crippen molar-refractivity contribution in [2.24, 2.45) is 0 Å². The van der Waals surface area contributed by atoms with Crippen LogP contribution in [0.4, 0.5) is 0 Å². The first-order valence-corrected chi connectivity index (χ1v) is 7.55. The van der Waals surface area contributed by atoms with Gasteiger partial charge in [0.05, 0.1) is 12.8 Å². The molecule has 1 aliphatic carbocycles. The van der Waals surface area contributed by atoms with Gasteiger partial charge in [-0.05, 0) is 52.2 Å². The quantitative estimate of drug-likeness (QED) is 0.780. The second kappa shape index (κ2) is 6.10. The molecule has 0 aromatic carbocycles. The summed E-state index contributed by atoms with van der Waals surface area (Å²) in [6.45, 7) is 11.1. The molecule has 19 heavy (non-hydrogen) atoms. The van der Waals surface area contributed by atoms with Crippen molar-refractivity contribution in [1.29, 1.82) is 0 Å². The maximum Gasteiger partial charge on any atom is 0.117 e. The van der Waals surface area contributed by atoms with E-state index in [4.69, 9.17) is 4.42 Å². The highest BCUT2D eigenvalue weighted by atomic mass is 16.3. The summed E-state index contributed by atoms with van der Waals surface area (Å²) in [6, 6.07) is 5.35. The summed E-state index contributed by atoms with van der Waals surface area (Å²) in [6.07, 6.45) is 5.59. The minimum atomic E-state index is 0.230. The number of furan rings is 1. The van der Waals surface area contributed by atoms with Crippen LogP contribution >= 0.6 is 0 Å². The van der Waals surface area contributed by atoms with Crippen molar-refractivity contribution < 1.29 is 4.42 Å². The van der Waals surface area contributed by atoms with Crippen LogP contribution in [0.25, 0.3) is 0 Å². The van der Waals surface area contributed by atoms with Gasteiger partial charge in [-0.15, -0.1) is 0 Å². The Bertz CT molecular complexity index is 368. The van der Waals surface area contributed by atoms with Crippen LogP contribution < -0.4 is 5.32 Å². The molecule has 1 unspecified atom stereocenters. The van der Waals surface area contributed by atoms with E-state index >= 15 is 0 Å². The van der Waals surface area contributed by atoms with Crippen LogP contribution in [0.5, 0.6) is 0 Å². The molecule has 1 aliphatic rings. The standard InChI is InChI=1S/C16H28N2O/c1-5-16(3,4)17-11-13(2)18(14-8-9-14)12-15-7-6-10-19-15/h6-7,10,13-14,17H,5,8-9,11-12H2,1-4H3. The van der Waals surface area contributed by atoms with E-state index in [9.17, 15) is 0 Å². The maximum absolute atomic E-state index is 5.50. The van der Waals surface area contributed by atoms with Crippen LogP contribution in [0.3, 0.4) is 0 Å². The van der Waals surface area contributed by atoms with Gasteiger partial charge in [0, 0.05) is 24.2 Å². The van der Waals surface area contributed by atoms with Gasteiger partial charge in [0.25, 0.3) is 0 Å². The molecule has 0 saturated heterocycles. The molecule has 2 rings (SSSR count). The molecule has 108 valence electrons. The van der Waals surface area contributed by atoms with Gasteiger partial charge in [-0.3, -0.25) is 4.90 Å². The van der Waals surface area contributed by atoms with Gasteiger partial charge in [0.2, 0.25) is 0 Å². The highest BCUT2D eigenvalue weighted by Crippen LogP contribution is 2.30. The minimum absolute atomic E-state index is 0.230. The van der Waals surface area contributed by atoms with E-state index in [-0.39, 0.29) is 5.54 Å². The molecular formula is C16H28N2O. The van der Waals surface area contributed by atoms with Gasteiger partial charge in [0.1, 0.15) is 5.76 Å². The van der Waals surface area contributed by atoms with Crippen molar-refractivity contribution >= 4 is 0 Å². The van der Waals surface area contributed by atoms with Crippen LogP contribution in [0.15, 0.2) is 22.8 Å².